The molecule has 2 aromatic carbocycles. The van der Waals surface area contributed by atoms with Crippen molar-refractivity contribution < 1.29 is 0 Å². The Hall–Kier alpha value is -5.36. The van der Waals surface area contributed by atoms with Crippen LogP contribution >= 0.6 is 0 Å². The molecule has 0 saturated carbocycles. The van der Waals surface area contributed by atoms with E-state index in [0.29, 0.717) is 6.54 Å². The number of pyridine rings is 3. The third-order valence-electron chi connectivity index (χ3n) is 7.79. The average molecular weight is 533 g/mol. The zero-order valence-corrected chi connectivity index (χ0v) is 23.0. The lowest BCUT2D eigenvalue weighted by Crippen LogP contribution is -2.18. The second-order valence-electron chi connectivity index (χ2n) is 10.3. The molecule has 0 atom stereocenters. The fourth-order valence-corrected chi connectivity index (χ4v) is 5.82. The molecule has 0 unspecified atom stereocenters. The Morgan fingerprint density at radius 3 is 1.98 bits per heavy atom. The fourth-order valence-electron chi connectivity index (χ4n) is 5.82. The molecule has 6 heteroatoms. The van der Waals surface area contributed by atoms with E-state index in [1.807, 2.05) is 49.4 Å². The Kier molecular flexibility index (Phi) is 6.01. The molecule has 1 aliphatic rings. The van der Waals surface area contributed by atoms with Crippen LogP contribution in [0.2, 0.25) is 0 Å². The van der Waals surface area contributed by atoms with Crippen LogP contribution in [-0.4, -0.2) is 32.3 Å². The van der Waals surface area contributed by atoms with Gasteiger partial charge in [-0.3, -0.25) is 19.9 Å². The van der Waals surface area contributed by atoms with Crippen molar-refractivity contribution >= 4 is 45.0 Å². The quantitative estimate of drug-likeness (QED) is 0.232. The summed E-state index contributed by atoms with van der Waals surface area (Å²) in [4.78, 5) is 19.7. The number of hydrogen-bond acceptors (Lipinski definition) is 5. The molecule has 0 fully saturated rings. The molecular formula is C35H28N6. The van der Waals surface area contributed by atoms with E-state index >= 15 is 0 Å². The van der Waals surface area contributed by atoms with Crippen LogP contribution in [0.15, 0.2) is 116 Å². The van der Waals surface area contributed by atoms with Crippen molar-refractivity contribution in [2.24, 2.45) is 4.99 Å². The van der Waals surface area contributed by atoms with Crippen molar-refractivity contribution in [2.45, 2.75) is 13.8 Å². The summed E-state index contributed by atoms with van der Waals surface area (Å²) in [7, 11) is 0. The van der Waals surface area contributed by atoms with Gasteiger partial charge in [0, 0.05) is 83.9 Å². The summed E-state index contributed by atoms with van der Waals surface area (Å²) in [5.74, 6) is 0. The number of nitrogens with zero attached hydrogens (tertiary/aromatic N) is 6. The van der Waals surface area contributed by atoms with Gasteiger partial charge in [-0.1, -0.05) is 18.7 Å². The number of aryl methyl sites for hydroxylation is 2. The largest absolute Gasteiger partial charge is 0.337 e. The van der Waals surface area contributed by atoms with Crippen LogP contribution < -0.4 is 4.90 Å². The van der Waals surface area contributed by atoms with Gasteiger partial charge in [0.25, 0.3) is 0 Å². The summed E-state index contributed by atoms with van der Waals surface area (Å²) in [6.07, 6.45) is 16.9. The van der Waals surface area contributed by atoms with Crippen LogP contribution in [0.5, 0.6) is 0 Å². The van der Waals surface area contributed by atoms with Crippen molar-refractivity contribution in [1.29, 1.82) is 0 Å². The number of aliphatic imine (C=N–C) groups is 1. The van der Waals surface area contributed by atoms with E-state index < -0.39 is 0 Å². The standard InChI is InChI=1S/C35H28N6/c1-23-17-26(40-16-4-12-36-19-25(3)30-20-37-13-9-33(30)40)5-7-28(23)29-8-6-27(18-24(29)2)41-34-10-14-38-21-31(34)32-22-39-15-11-35(32)41/h4-15,17-22H,3,16H2,1-2H3/b12-4-,36-19?. The van der Waals surface area contributed by atoms with Gasteiger partial charge in [-0.2, -0.15) is 0 Å². The molecule has 0 spiro atoms. The minimum Gasteiger partial charge on any atom is -0.337 e. The van der Waals surface area contributed by atoms with Gasteiger partial charge in [0.05, 0.1) is 16.7 Å². The van der Waals surface area contributed by atoms with Crippen LogP contribution in [0.25, 0.3) is 44.2 Å². The van der Waals surface area contributed by atoms with Gasteiger partial charge in [-0.05, 0) is 90.2 Å². The maximum Gasteiger partial charge on any atom is 0.0572 e. The van der Waals surface area contributed by atoms with Gasteiger partial charge in [-0.25, -0.2) is 0 Å². The van der Waals surface area contributed by atoms with E-state index in [1.165, 1.54) is 22.3 Å². The minimum absolute atomic E-state index is 0.692. The number of benzene rings is 2. The second-order valence-corrected chi connectivity index (χ2v) is 10.3. The second kappa shape index (κ2) is 9.99. The zero-order chi connectivity index (χ0) is 27.9. The number of rotatable bonds is 3. The van der Waals surface area contributed by atoms with Crippen molar-refractivity contribution in [1.82, 2.24) is 19.5 Å². The predicted molar refractivity (Wildman–Crippen MR) is 169 cm³/mol. The fraction of sp³-hybridized carbons (Fsp3) is 0.0857. The van der Waals surface area contributed by atoms with Crippen LogP contribution in [0.4, 0.5) is 11.4 Å². The summed E-state index contributed by atoms with van der Waals surface area (Å²) in [5.41, 5.74) is 12.2. The monoisotopic (exact) mass is 532 g/mol. The molecule has 0 radical (unpaired) electrons. The third-order valence-corrected chi connectivity index (χ3v) is 7.79. The Balaban J connectivity index is 1.29. The average Bonchev–Trinajstić information content (AvgIpc) is 3.36. The first-order chi connectivity index (χ1) is 20.1. The first-order valence-corrected chi connectivity index (χ1v) is 13.6. The lowest BCUT2D eigenvalue weighted by molar-refractivity contribution is 1.08. The molecule has 5 heterocycles. The van der Waals surface area contributed by atoms with Crippen LogP contribution in [-0.2, 0) is 0 Å². The first kappa shape index (κ1) is 24.7. The zero-order valence-electron chi connectivity index (χ0n) is 23.0. The van der Waals surface area contributed by atoms with E-state index in [1.54, 1.807) is 6.21 Å². The number of aromatic nitrogens is 4. The van der Waals surface area contributed by atoms with Crippen molar-refractivity contribution in [3.05, 3.63) is 127 Å². The molecule has 7 rings (SSSR count). The minimum atomic E-state index is 0.692. The Morgan fingerprint density at radius 2 is 1.29 bits per heavy atom. The Labute approximate surface area is 238 Å². The SMILES string of the molecule is C=C1C=N/C=C\CN(c2ccc(-c3ccc(-n4c5ccncc5c5cnccc54)cc3C)c(C)c2)c2ccncc21. The highest BCUT2D eigenvalue weighted by Crippen LogP contribution is 2.37. The smallest absolute Gasteiger partial charge is 0.0572 e. The number of fused-ring (bicyclic) bond motifs is 4. The molecular weight excluding hydrogens is 504 g/mol. The summed E-state index contributed by atoms with van der Waals surface area (Å²) in [6.45, 7) is 9.27. The van der Waals surface area contributed by atoms with E-state index in [0.717, 1.165) is 50.0 Å². The molecule has 0 aliphatic carbocycles. The maximum absolute atomic E-state index is 4.37. The molecule has 0 bridgehead atoms. The van der Waals surface area contributed by atoms with E-state index in [2.05, 4.69) is 104 Å². The molecule has 0 N–H and O–H groups in total. The number of anilines is 2. The molecule has 198 valence electrons. The van der Waals surface area contributed by atoms with Gasteiger partial charge in [0.2, 0.25) is 0 Å². The van der Waals surface area contributed by atoms with Gasteiger partial charge in [0.1, 0.15) is 0 Å². The van der Waals surface area contributed by atoms with Crippen molar-refractivity contribution in [3.63, 3.8) is 0 Å². The molecule has 0 amide bonds. The summed E-state index contributed by atoms with van der Waals surface area (Å²) in [6, 6.07) is 19.6. The highest BCUT2D eigenvalue weighted by molar-refractivity contribution is 6.11. The highest BCUT2D eigenvalue weighted by Gasteiger charge is 2.17. The topological polar surface area (TPSA) is 59.2 Å². The van der Waals surface area contributed by atoms with Crippen molar-refractivity contribution in [3.8, 4) is 16.8 Å². The predicted octanol–water partition coefficient (Wildman–Crippen LogP) is 8.00. The highest BCUT2D eigenvalue weighted by atomic mass is 15.1. The molecule has 0 saturated heterocycles. The number of hydrogen-bond donors (Lipinski definition) is 0. The van der Waals surface area contributed by atoms with Gasteiger partial charge in [0.15, 0.2) is 0 Å². The van der Waals surface area contributed by atoms with E-state index in [-0.39, 0.29) is 0 Å². The first-order valence-electron chi connectivity index (χ1n) is 13.6. The summed E-state index contributed by atoms with van der Waals surface area (Å²) in [5, 5.41) is 2.21. The molecule has 6 aromatic rings. The summed E-state index contributed by atoms with van der Waals surface area (Å²) < 4.78 is 2.29. The van der Waals surface area contributed by atoms with Gasteiger partial charge >= 0.3 is 0 Å². The van der Waals surface area contributed by atoms with E-state index in [4.69, 9.17) is 0 Å². The summed E-state index contributed by atoms with van der Waals surface area (Å²) >= 11 is 0. The van der Waals surface area contributed by atoms with Gasteiger partial charge < -0.3 is 9.47 Å². The van der Waals surface area contributed by atoms with Gasteiger partial charge in [-0.15, -0.1) is 0 Å². The Morgan fingerprint density at radius 1 is 0.683 bits per heavy atom. The number of allylic oxidation sites excluding steroid dienone is 1. The molecule has 41 heavy (non-hydrogen) atoms. The normalized spacial score (nSPS) is 14.1. The maximum atomic E-state index is 4.37. The van der Waals surface area contributed by atoms with E-state index in [9.17, 15) is 0 Å². The van der Waals surface area contributed by atoms with Crippen LogP contribution in [0.1, 0.15) is 16.7 Å². The lowest BCUT2D eigenvalue weighted by Gasteiger charge is -2.26. The molecule has 6 nitrogen and oxygen atoms in total. The Bertz CT molecular complexity index is 1980. The molecule has 1 aliphatic heterocycles. The molecule has 4 aromatic heterocycles. The van der Waals surface area contributed by atoms with Crippen molar-refractivity contribution in [2.75, 3.05) is 11.4 Å². The lowest BCUT2D eigenvalue weighted by atomic mass is 9.95. The van der Waals surface area contributed by atoms with Crippen LogP contribution in [0, 0.1) is 13.8 Å². The van der Waals surface area contributed by atoms with Crippen LogP contribution in [0.3, 0.4) is 0 Å². The third kappa shape index (κ3) is 4.21.